The number of piperazine rings is 1. The van der Waals surface area contributed by atoms with Gasteiger partial charge in [-0.15, -0.1) is 11.3 Å². The summed E-state index contributed by atoms with van der Waals surface area (Å²) in [5, 5.41) is 4.73. The molecular formula is C17H25N5S. The molecule has 2 aliphatic heterocycles. The van der Waals surface area contributed by atoms with Crippen LogP contribution in [0.25, 0.3) is 10.2 Å². The summed E-state index contributed by atoms with van der Waals surface area (Å²) in [6.07, 6.45) is 1.24. The van der Waals surface area contributed by atoms with Gasteiger partial charge in [0.15, 0.2) is 0 Å². The predicted molar refractivity (Wildman–Crippen MR) is 96.7 cm³/mol. The summed E-state index contributed by atoms with van der Waals surface area (Å²) in [4.78, 5) is 17.1. The summed E-state index contributed by atoms with van der Waals surface area (Å²) in [6, 6.07) is 0.669. The lowest BCUT2D eigenvalue weighted by atomic mass is 10.2. The summed E-state index contributed by atoms with van der Waals surface area (Å²) in [5.41, 5.74) is 1.35. The van der Waals surface area contributed by atoms with Crippen molar-refractivity contribution in [3.05, 3.63) is 16.3 Å². The van der Waals surface area contributed by atoms with E-state index in [0.717, 1.165) is 42.7 Å². The van der Waals surface area contributed by atoms with Gasteiger partial charge in [-0.05, 0) is 32.8 Å². The smallest absolute Gasteiger partial charge is 0.141 e. The van der Waals surface area contributed by atoms with Gasteiger partial charge in [-0.25, -0.2) is 9.97 Å². The fourth-order valence-corrected chi connectivity index (χ4v) is 4.91. The Labute approximate surface area is 141 Å². The van der Waals surface area contributed by atoms with Crippen molar-refractivity contribution >= 4 is 27.4 Å². The van der Waals surface area contributed by atoms with Gasteiger partial charge < -0.3 is 10.2 Å². The summed E-state index contributed by atoms with van der Waals surface area (Å²) >= 11 is 1.80. The first-order valence-electron chi connectivity index (χ1n) is 8.57. The van der Waals surface area contributed by atoms with Gasteiger partial charge >= 0.3 is 0 Å². The Morgan fingerprint density at radius 1 is 1.09 bits per heavy atom. The highest BCUT2D eigenvalue weighted by Crippen LogP contribution is 2.36. The van der Waals surface area contributed by atoms with Crippen molar-refractivity contribution in [2.24, 2.45) is 0 Å². The molecule has 0 bridgehead atoms. The van der Waals surface area contributed by atoms with Gasteiger partial charge in [0.05, 0.1) is 5.39 Å². The van der Waals surface area contributed by atoms with E-state index in [-0.39, 0.29) is 0 Å². The van der Waals surface area contributed by atoms with Gasteiger partial charge in [0.25, 0.3) is 0 Å². The molecule has 5 nitrogen and oxygen atoms in total. The molecular weight excluding hydrogens is 306 g/mol. The van der Waals surface area contributed by atoms with Crippen LogP contribution >= 0.6 is 11.3 Å². The van der Waals surface area contributed by atoms with Crippen LogP contribution in [0.15, 0.2) is 0 Å². The van der Waals surface area contributed by atoms with Gasteiger partial charge in [0, 0.05) is 50.2 Å². The first-order chi connectivity index (χ1) is 11.1. The first kappa shape index (κ1) is 15.3. The number of fused-ring (bicyclic) bond motifs is 1. The number of nitrogens with zero attached hydrogens (tertiary/aromatic N) is 4. The lowest BCUT2D eigenvalue weighted by molar-refractivity contribution is 0.185. The van der Waals surface area contributed by atoms with E-state index in [1.807, 2.05) is 6.92 Å². The zero-order valence-electron chi connectivity index (χ0n) is 14.2. The SMILES string of the molecule is Cc1nc(N2CCC(N3CCNCC3)C2)c2c(C)c(C)sc2n1. The zero-order chi connectivity index (χ0) is 16.0. The second-order valence-corrected chi connectivity index (χ2v) is 7.94. The van der Waals surface area contributed by atoms with Crippen LogP contribution in [0.2, 0.25) is 0 Å². The highest BCUT2D eigenvalue weighted by molar-refractivity contribution is 7.18. The zero-order valence-corrected chi connectivity index (χ0v) is 15.0. The van der Waals surface area contributed by atoms with E-state index in [4.69, 9.17) is 4.98 Å². The van der Waals surface area contributed by atoms with Gasteiger partial charge in [0.1, 0.15) is 16.5 Å². The van der Waals surface area contributed by atoms with E-state index in [2.05, 4.69) is 33.9 Å². The van der Waals surface area contributed by atoms with Crippen LogP contribution in [0, 0.1) is 20.8 Å². The fourth-order valence-electron chi connectivity index (χ4n) is 3.84. The van der Waals surface area contributed by atoms with Gasteiger partial charge in [-0.1, -0.05) is 0 Å². The average molecular weight is 331 g/mol. The van der Waals surface area contributed by atoms with Crippen molar-refractivity contribution < 1.29 is 0 Å². The van der Waals surface area contributed by atoms with E-state index in [1.54, 1.807) is 11.3 Å². The average Bonchev–Trinajstić information content (AvgIpc) is 3.14. The Balaban J connectivity index is 1.64. The molecule has 1 N–H and O–H groups in total. The Kier molecular flexibility index (Phi) is 3.99. The quantitative estimate of drug-likeness (QED) is 0.913. The maximum Gasteiger partial charge on any atom is 0.141 e. The number of aromatic nitrogens is 2. The minimum atomic E-state index is 0.669. The van der Waals surface area contributed by atoms with Crippen LogP contribution < -0.4 is 10.2 Å². The molecule has 0 spiro atoms. The maximum absolute atomic E-state index is 4.83. The van der Waals surface area contributed by atoms with Gasteiger partial charge in [-0.3, -0.25) is 4.90 Å². The summed E-state index contributed by atoms with van der Waals surface area (Å²) in [6.45, 7) is 13.2. The maximum atomic E-state index is 4.83. The number of hydrogen-bond donors (Lipinski definition) is 1. The first-order valence-corrected chi connectivity index (χ1v) is 9.39. The molecule has 2 aromatic rings. The molecule has 2 saturated heterocycles. The van der Waals surface area contributed by atoms with E-state index in [9.17, 15) is 0 Å². The van der Waals surface area contributed by atoms with E-state index in [0.29, 0.717) is 6.04 Å². The predicted octanol–water partition coefficient (Wildman–Crippen LogP) is 2.10. The number of hydrogen-bond acceptors (Lipinski definition) is 6. The lowest BCUT2D eigenvalue weighted by Crippen LogP contribution is -2.49. The topological polar surface area (TPSA) is 44.3 Å². The minimum absolute atomic E-state index is 0.669. The molecule has 4 heterocycles. The van der Waals surface area contributed by atoms with Crippen LogP contribution in [0.3, 0.4) is 0 Å². The molecule has 0 saturated carbocycles. The molecule has 0 aromatic carbocycles. The standard InChI is InChI=1S/C17H25N5S/c1-11-12(2)23-17-15(11)16(19-13(3)20-17)22-7-4-14(10-22)21-8-5-18-6-9-21/h14,18H,4-10H2,1-3H3. The highest BCUT2D eigenvalue weighted by Gasteiger charge is 2.30. The number of rotatable bonds is 2. The molecule has 124 valence electrons. The molecule has 6 heteroatoms. The Hall–Kier alpha value is -1.24. The number of aryl methyl sites for hydroxylation is 3. The Bertz CT molecular complexity index is 719. The molecule has 2 aliphatic rings. The van der Waals surface area contributed by atoms with E-state index < -0.39 is 0 Å². The van der Waals surface area contributed by atoms with Crippen LogP contribution in [0.4, 0.5) is 5.82 Å². The lowest BCUT2D eigenvalue weighted by Gasteiger charge is -2.32. The summed E-state index contributed by atoms with van der Waals surface area (Å²) in [7, 11) is 0. The minimum Gasteiger partial charge on any atom is -0.354 e. The summed E-state index contributed by atoms with van der Waals surface area (Å²) < 4.78 is 0. The van der Waals surface area contributed by atoms with Crippen LogP contribution in [-0.4, -0.2) is 60.2 Å². The number of anilines is 1. The van der Waals surface area contributed by atoms with Crippen molar-refractivity contribution in [2.45, 2.75) is 33.2 Å². The second-order valence-electron chi connectivity index (χ2n) is 6.73. The number of thiophene rings is 1. The molecule has 4 rings (SSSR count). The monoisotopic (exact) mass is 331 g/mol. The molecule has 1 unspecified atom stereocenters. The molecule has 0 aliphatic carbocycles. The van der Waals surface area contributed by atoms with E-state index >= 15 is 0 Å². The molecule has 23 heavy (non-hydrogen) atoms. The Morgan fingerprint density at radius 2 is 1.87 bits per heavy atom. The third-order valence-corrected chi connectivity index (χ3v) is 6.35. The van der Waals surface area contributed by atoms with E-state index in [1.165, 1.54) is 35.3 Å². The van der Waals surface area contributed by atoms with Crippen LogP contribution in [-0.2, 0) is 0 Å². The fraction of sp³-hybridized carbons (Fsp3) is 0.647. The van der Waals surface area contributed by atoms with Crippen molar-refractivity contribution in [2.75, 3.05) is 44.2 Å². The molecule has 1 atom stereocenters. The number of nitrogens with one attached hydrogen (secondary N) is 1. The normalized spacial score (nSPS) is 23.1. The third kappa shape index (κ3) is 2.73. The van der Waals surface area contributed by atoms with Crippen LogP contribution in [0.1, 0.15) is 22.7 Å². The largest absolute Gasteiger partial charge is 0.354 e. The molecule has 0 amide bonds. The van der Waals surface area contributed by atoms with Crippen LogP contribution in [0.5, 0.6) is 0 Å². The molecule has 0 radical (unpaired) electrons. The highest BCUT2D eigenvalue weighted by atomic mass is 32.1. The summed E-state index contributed by atoms with van der Waals surface area (Å²) in [5.74, 6) is 2.05. The van der Waals surface area contributed by atoms with Crippen molar-refractivity contribution in [3.63, 3.8) is 0 Å². The van der Waals surface area contributed by atoms with Gasteiger partial charge in [0.2, 0.25) is 0 Å². The Morgan fingerprint density at radius 3 is 2.65 bits per heavy atom. The van der Waals surface area contributed by atoms with Crippen molar-refractivity contribution in [1.82, 2.24) is 20.2 Å². The molecule has 2 aromatic heterocycles. The van der Waals surface area contributed by atoms with Crippen molar-refractivity contribution in [3.8, 4) is 0 Å². The van der Waals surface area contributed by atoms with Crippen molar-refractivity contribution in [1.29, 1.82) is 0 Å². The van der Waals surface area contributed by atoms with Gasteiger partial charge in [-0.2, -0.15) is 0 Å². The molecule has 2 fully saturated rings. The second kappa shape index (κ2) is 6.00. The third-order valence-electron chi connectivity index (χ3n) is 5.25.